The van der Waals surface area contributed by atoms with Crippen LogP contribution in [0.4, 0.5) is 13.2 Å². The second-order valence-electron chi connectivity index (χ2n) is 6.91. The molecule has 0 radical (unpaired) electrons. The number of alkyl halides is 3. The van der Waals surface area contributed by atoms with Crippen LogP contribution in [0.3, 0.4) is 0 Å². The van der Waals surface area contributed by atoms with Crippen LogP contribution in [0, 0.1) is 0 Å². The van der Waals surface area contributed by atoms with Gasteiger partial charge in [0.2, 0.25) is 0 Å². The van der Waals surface area contributed by atoms with E-state index in [1.807, 2.05) is 0 Å². The van der Waals surface area contributed by atoms with Crippen molar-refractivity contribution in [3.05, 3.63) is 51.8 Å². The number of rotatable bonds is 3. The number of nitrogens with zero attached hydrogens (tertiary/aromatic N) is 3. The van der Waals surface area contributed by atoms with Gasteiger partial charge in [-0.25, -0.2) is 9.50 Å². The fourth-order valence-corrected chi connectivity index (χ4v) is 3.72. The number of benzene rings is 1. The molecule has 0 atom stereocenters. The number of carbonyl (C=O) groups is 1. The first-order valence-corrected chi connectivity index (χ1v) is 9.72. The lowest BCUT2D eigenvalue weighted by Crippen LogP contribution is -2.32. The van der Waals surface area contributed by atoms with Gasteiger partial charge in [-0.15, -0.1) is 0 Å². The summed E-state index contributed by atoms with van der Waals surface area (Å²) in [7, 11) is 0. The summed E-state index contributed by atoms with van der Waals surface area (Å²) in [6.45, 7) is 0. The Balaban J connectivity index is 1.79. The highest BCUT2D eigenvalue weighted by Crippen LogP contribution is 2.34. The third kappa shape index (κ3) is 4.04. The van der Waals surface area contributed by atoms with Crippen molar-refractivity contribution >= 4 is 34.8 Å². The minimum atomic E-state index is -4.70. The van der Waals surface area contributed by atoms with Crippen molar-refractivity contribution in [1.82, 2.24) is 19.9 Å². The molecule has 1 aromatic carbocycles. The molecule has 3 aromatic rings. The third-order valence-electron chi connectivity index (χ3n) is 4.86. The van der Waals surface area contributed by atoms with Crippen LogP contribution in [-0.2, 0) is 6.18 Å². The molecule has 4 rings (SSSR count). The molecular weight excluding hydrogens is 428 g/mol. The number of hydrogen-bond acceptors (Lipinski definition) is 3. The van der Waals surface area contributed by atoms with Crippen LogP contribution in [0.25, 0.3) is 16.9 Å². The first-order valence-electron chi connectivity index (χ1n) is 8.96. The zero-order chi connectivity index (χ0) is 20.8. The van der Waals surface area contributed by atoms with Crippen LogP contribution in [0.5, 0.6) is 0 Å². The molecule has 5 nitrogen and oxygen atoms in total. The molecule has 0 spiro atoms. The third-order valence-corrected chi connectivity index (χ3v) is 5.60. The van der Waals surface area contributed by atoms with E-state index >= 15 is 0 Å². The number of hydrogen-bond donors (Lipinski definition) is 1. The highest BCUT2D eigenvalue weighted by molar-refractivity contribution is 6.42. The molecule has 1 saturated carbocycles. The highest BCUT2D eigenvalue weighted by atomic mass is 35.5. The first kappa shape index (κ1) is 20.0. The summed E-state index contributed by atoms with van der Waals surface area (Å²) in [5.41, 5.74) is -0.821. The number of carbonyl (C=O) groups excluding carboxylic acids is 1. The van der Waals surface area contributed by atoms with Crippen LogP contribution in [0.1, 0.15) is 41.9 Å². The van der Waals surface area contributed by atoms with E-state index in [4.69, 9.17) is 23.2 Å². The maximum absolute atomic E-state index is 13.7. The van der Waals surface area contributed by atoms with Crippen molar-refractivity contribution in [2.45, 2.75) is 37.9 Å². The summed E-state index contributed by atoms with van der Waals surface area (Å²) in [5, 5.41) is 7.16. The van der Waals surface area contributed by atoms with Gasteiger partial charge in [0.25, 0.3) is 5.91 Å². The molecule has 0 bridgehead atoms. The second kappa shape index (κ2) is 7.50. The van der Waals surface area contributed by atoms with Gasteiger partial charge in [-0.1, -0.05) is 42.1 Å². The van der Waals surface area contributed by atoms with E-state index in [0.29, 0.717) is 10.1 Å². The van der Waals surface area contributed by atoms with E-state index in [-0.39, 0.29) is 33.1 Å². The van der Waals surface area contributed by atoms with Crippen molar-refractivity contribution in [1.29, 1.82) is 0 Å². The fourth-order valence-electron chi connectivity index (χ4n) is 3.42. The van der Waals surface area contributed by atoms with E-state index < -0.39 is 17.8 Å². The molecule has 0 aliphatic heterocycles. The molecule has 1 aliphatic rings. The van der Waals surface area contributed by atoms with Crippen molar-refractivity contribution in [2.24, 2.45) is 0 Å². The van der Waals surface area contributed by atoms with Crippen molar-refractivity contribution < 1.29 is 18.0 Å². The van der Waals surface area contributed by atoms with Gasteiger partial charge in [0.1, 0.15) is 0 Å². The van der Waals surface area contributed by atoms with Crippen LogP contribution < -0.4 is 5.32 Å². The standard InChI is InChI=1S/C19H15Cl2F3N4O/c20-12-6-5-10(7-13(12)21)14-8-16(19(22,23)24)28-17(26-14)9-15(27-28)18(29)25-11-3-1-2-4-11/h5-9,11H,1-4H2,(H,25,29). The second-order valence-corrected chi connectivity index (χ2v) is 7.72. The Kier molecular flexibility index (Phi) is 5.16. The topological polar surface area (TPSA) is 59.3 Å². The SMILES string of the molecule is O=C(NC1CCCC1)c1cc2nc(-c3ccc(Cl)c(Cl)c3)cc(C(F)(F)F)n2n1. The molecule has 10 heteroatoms. The molecule has 2 heterocycles. The zero-order valence-electron chi connectivity index (χ0n) is 14.9. The van der Waals surface area contributed by atoms with E-state index in [9.17, 15) is 18.0 Å². The molecule has 0 unspecified atom stereocenters. The molecule has 152 valence electrons. The number of amides is 1. The van der Waals surface area contributed by atoms with Crippen molar-refractivity contribution in [3.63, 3.8) is 0 Å². The summed E-state index contributed by atoms with van der Waals surface area (Å²) < 4.78 is 41.6. The molecule has 29 heavy (non-hydrogen) atoms. The smallest absolute Gasteiger partial charge is 0.348 e. The number of aromatic nitrogens is 3. The number of fused-ring (bicyclic) bond motifs is 1. The Morgan fingerprint density at radius 1 is 1.10 bits per heavy atom. The van der Waals surface area contributed by atoms with E-state index in [1.54, 1.807) is 0 Å². The lowest BCUT2D eigenvalue weighted by molar-refractivity contribution is -0.142. The lowest BCUT2D eigenvalue weighted by Gasteiger charge is -2.11. The molecule has 0 saturated heterocycles. The largest absolute Gasteiger partial charge is 0.433 e. The van der Waals surface area contributed by atoms with Crippen LogP contribution >= 0.6 is 23.2 Å². The molecule has 1 amide bonds. The van der Waals surface area contributed by atoms with Gasteiger partial charge >= 0.3 is 6.18 Å². The fraction of sp³-hybridized carbons (Fsp3) is 0.316. The van der Waals surface area contributed by atoms with Gasteiger partial charge in [0.15, 0.2) is 17.0 Å². The van der Waals surface area contributed by atoms with Gasteiger partial charge in [-0.3, -0.25) is 4.79 Å². The summed E-state index contributed by atoms with van der Waals surface area (Å²) in [4.78, 5) is 16.7. The summed E-state index contributed by atoms with van der Waals surface area (Å²) in [6.07, 6.45) is -0.956. The maximum atomic E-state index is 13.7. The normalized spacial score (nSPS) is 15.2. The highest BCUT2D eigenvalue weighted by Gasteiger charge is 2.36. The molecular formula is C19H15Cl2F3N4O. The van der Waals surface area contributed by atoms with Gasteiger partial charge in [-0.2, -0.15) is 18.3 Å². The monoisotopic (exact) mass is 442 g/mol. The van der Waals surface area contributed by atoms with E-state index in [2.05, 4.69) is 15.4 Å². The van der Waals surface area contributed by atoms with Crippen molar-refractivity contribution in [3.8, 4) is 11.3 Å². The average Bonchev–Trinajstić information content (AvgIpc) is 3.31. The van der Waals surface area contributed by atoms with Gasteiger partial charge in [0, 0.05) is 17.7 Å². The van der Waals surface area contributed by atoms with E-state index in [0.717, 1.165) is 31.7 Å². The molecule has 1 N–H and O–H groups in total. The average molecular weight is 443 g/mol. The predicted molar refractivity (Wildman–Crippen MR) is 103 cm³/mol. The molecule has 1 fully saturated rings. The predicted octanol–water partition coefficient (Wildman–Crippen LogP) is 5.39. The van der Waals surface area contributed by atoms with Crippen LogP contribution in [0.2, 0.25) is 10.0 Å². The van der Waals surface area contributed by atoms with Crippen LogP contribution in [-0.4, -0.2) is 26.5 Å². The Morgan fingerprint density at radius 3 is 2.48 bits per heavy atom. The number of halogens is 5. The quantitative estimate of drug-likeness (QED) is 0.590. The summed E-state index contributed by atoms with van der Waals surface area (Å²) in [5.74, 6) is -0.508. The lowest BCUT2D eigenvalue weighted by atomic mass is 10.1. The Morgan fingerprint density at radius 2 is 1.83 bits per heavy atom. The number of nitrogens with one attached hydrogen (secondary N) is 1. The van der Waals surface area contributed by atoms with Crippen LogP contribution in [0.15, 0.2) is 30.3 Å². The summed E-state index contributed by atoms with van der Waals surface area (Å²) >= 11 is 11.9. The molecule has 2 aromatic heterocycles. The van der Waals surface area contributed by atoms with Crippen molar-refractivity contribution in [2.75, 3.05) is 0 Å². The van der Waals surface area contributed by atoms with Gasteiger partial charge in [-0.05, 0) is 31.0 Å². The molecule has 1 aliphatic carbocycles. The minimum absolute atomic E-state index is 0.0223. The Hall–Kier alpha value is -2.32. The van der Waals surface area contributed by atoms with Gasteiger partial charge < -0.3 is 5.32 Å². The van der Waals surface area contributed by atoms with E-state index in [1.165, 1.54) is 24.3 Å². The Bertz CT molecular complexity index is 1090. The minimum Gasteiger partial charge on any atom is -0.348 e. The first-order chi connectivity index (χ1) is 13.7. The zero-order valence-corrected chi connectivity index (χ0v) is 16.4. The van der Waals surface area contributed by atoms with Gasteiger partial charge in [0.05, 0.1) is 15.7 Å². The Labute approximate surface area is 173 Å². The maximum Gasteiger partial charge on any atom is 0.433 e. The summed E-state index contributed by atoms with van der Waals surface area (Å²) in [6, 6.07) is 6.59.